The van der Waals surface area contributed by atoms with E-state index in [2.05, 4.69) is 69.2 Å². The van der Waals surface area contributed by atoms with Crippen molar-refractivity contribution in [3.63, 3.8) is 0 Å². The molecule has 2 rings (SSSR count). The molecule has 4 unspecified atom stereocenters. The first kappa shape index (κ1) is 22.5. The smallest absolute Gasteiger partial charge is 0.0167 e. The van der Waals surface area contributed by atoms with Crippen molar-refractivity contribution in [1.29, 1.82) is 0 Å². The van der Waals surface area contributed by atoms with Gasteiger partial charge in [0.2, 0.25) is 0 Å². The molecule has 25 heavy (non-hydrogen) atoms. The van der Waals surface area contributed by atoms with Crippen molar-refractivity contribution >= 4 is 0 Å². The fourth-order valence-corrected chi connectivity index (χ4v) is 4.45. The molecule has 2 aliphatic heterocycles. The van der Waals surface area contributed by atoms with Crippen molar-refractivity contribution in [2.45, 2.75) is 72.8 Å². The van der Waals surface area contributed by atoms with E-state index in [9.17, 15) is 0 Å². The zero-order chi connectivity index (χ0) is 18.9. The minimum Gasteiger partial charge on any atom is -0.316 e. The standard InChI is InChI=1S/C12H21N.C10H22N2.H2/c1-4-6-7-11-8-9-13-10-12(11,3)5-2;1-5-10(2)8-11-7-6-9(10)12(3)4;/h11,13H,5,7-10H2,1-3H3;9,11H,5-8H2,1-4H3;1H. The molecule has 0 aliphatic carbocycles. The second kappa shape index (κ2) is 10.6. The van der Waals surface area contributed by atoms with Gasteiger partial charge in [0.05, 0.1) is 0 Å². The molecule has 4 atom stereocenters. The van der Waals surface area contributed by atoms with Crippen molar-refractivity contribution in [1.82, 2.24) is 15.5 Å². The first-order valence-corrected chi connectivity index (χ1v) is 10.3. The van der Waals surface area contributed by atoms with Crippen LogP contribution in [0.1, 0.15) is 68.1 Å². The summed E-state index contributed by atoms with van der Waals surface area (Å²) in [5.74, 6) is 7.03. The van der Waals surface area contributed by atoms with E-state index in [-0.39, 0.29) is 1.43 Å². The van der Waals surface area contributed by atoms with Crippen LogP contribution in [0.3, 0.4) is 0 Å². The maximum Gasteiger partial charge on any atom is 0.0167 e. The van der Waals surface area contributed by atoms with Crippen LogP contribution in [-0.2, 0) is 0 Å². The lowest BCUT2D eigenvalue weighted by molar-refractivity contribution is 0.0794. The molecule has 2 saturated heterocycles. The molecule has 0 amide bonds. The van der Waals surface area contributed by atoms with E-state index in [0.717, 1.165) is 18.4 Å². The average molecular weight is 352 g/mol. The summed E-state index contributed by atoms with van der Waals surface area (Å²) < 4.78 is 0. The summed E-state index contributed by atoms with van der Waals surface area (Å²) in [7, 11) is 4.40. The van der Waals surface area contributed by atoms with E-state index in [0.29, 0.717) is 10.8 Å². The van der Waals surface area contributed by atoms with E-state index in [1.165, 1.54) is 51.9 Å². The largest absolute Gasteiger partial charge is 0.316 e. The Labute approximate surface area is 159 Å². The molecule has 0 bridgehead atoms. The Hall–Kier alpha value is -0.560. The Kier molecular flexibility index (Phi) is 9.49. The molecular weight excluding hydrogens is 306 g/mol. The van der Waals surface area contributed by atoms with Gasteiger partial charge in [-0.1, -0.05) is 27.7 Å². The highest BCUT2D eigenvalue weighted by molar-refractivity contribution is 5.01. The summed E-state index contributed by atoms with van der Waals surface area (Å²) in [6, 6.07) is 0.753. The maximum atomic E-state index is 3.48. The first-order chi connectivity index (χ1) is 11.8. The predicted octanol–water partition coefficient (Wildman–Crippen LogP) is 4.00. The van der Waals surface area contributed by atoms with Crippen molar-refractivity contribution in [2.75, 3.05) is 40.3 Å². The fourth-order valence-electron chi connectivity index (χ4n) is 4.45. The third-order valence-corrected chi connectivity index (χ3v) is 6.88. The second-order valence-corrected chi connectivity index (χ2v) is 8.75. The summed E-state index contributed by atoms with van der Waals surface area (Å²) in [5, 5.41) is 6.97. The van der Waals surface area contributed by atoms with Gasteiger partial charge < -0.3 is 15.5 Å². The monoisotopic (exact) mass is 351 g/mol. The van der Waals surface area contributed by atoms with Gasteiger partial charge in [0.1, 0.15) is 0 Å². The number of rotatable bonds is 4. The number of piperidine rings is 2. The quantitative estimate of drug-likeness (QED) is 0.750. The van der Waals surface area contributed by atoms with Crippen LogP contribution in [0.15, 0.2) is 0 Å². The van der Waals surface area contributed by atoms with Gasteiger partial charge in [-0.15, -0.1) is 11.8 Å². The van der Waals surface area contributed by atoms with Crippen LogP contribution in [0.5, 0.6) is 0 Å². The van der Waals surface area contributed by atoms with Crippen LogP contribution in [0.2, 0.25) is 0 Å². The Morgan fingerprint density at radius 1 is 1.00 bits per heavy atom. The lowest BCUT2D eigenvalue weighted by Gasteiger charge is -2.44. The number of nitrogens with zero attached hydrogens (tertiary/aromatic N) is 1. The molecule has 0 aromatic carbocycles. The lowest BCUT2D eigenvalue weighted by Crippen LogP contribution is -2.53. The van der Waals surface area contributed by atoms with Crippen LogP contribution in [0.25, 0.3) is 0 Å². The summed E-state index contributed by atoms with van der Waals surface area (Å²) in [5.41, 5.74) is 0.948. The zero-order valence-corrected chi connectivity index (χ0v) is 18.0. The fraction of sp³-hybridized carbons (Fsp3) is 0.909. The molecule has 2 aliphatic rings. The van der Waals surface area contributed by atoms with Gasteiger partial charge in [0.15, 0.2) is 0 Å². The average Bonchev–Trinajstić information content (AvgIpc) is 2.61. The van der Waals surface area contributed by atoms with Gasteiger partial charge in [0, 0.05) is 27.0 Å². The Morgan fingerprint density at radius 3 is 2.04 bits per heavy atom. The minimum absolute atomic E-state index is 0. The highest BCUT2D eigenvalue weighted by atomic mass is 15.1. The molecular formula is C22H45N3. The van der Waals surface area contributed by atoms with Crippen molar-refractivity contribution < 1.29 is 1.43 Å². The third-order valence-electron chi connectivity index (χ3n) is 6.88. The molecule has 0 radical (unpaired) electrons. The Balaban J connectivity index is 0.000000464. The molecule has 0 saturated carbocycles. The zero-order valence-electron chi connectivity index (χ0n) is 18.0. The van der Waals surface area contributed by atoms with Gasteiger partial charge in [-0.05, 0) is 76.5 Å². The number of nitrogens with one attached hydrogen (secondary N) is 2. The Morgan fingerprint density at radius 2 is 1.56 bits per heavy atom. The van der Waals surface area contributed by atoms with Crippen LogP contribution >= 0.6 is 0 Å². The van der Waals surface area contributed by atoms with E-state index in [1.807, 2.05) is 6.92 Å². The summed E-state index contributed by atoms with van der Waals surface area (Å²) >= 11 is 0. The molecule has 0 aromatic rings. The summed E-state index contributed by atoms with van der Waals surface area (Å²) in [6.07, 6.45) is 6.19. The van der Waals surface area contributed by atoms with Crippen LogP contribution < -0.4 is 10.6 Å². The van der Waals surface area contributed by atoms with Gasteiger partial charge in [-0.25, -0.2) is 0 Å². The predicted molar refractivity (Wildman–Crippen MR) is 113 cm³/mol. The van der Waals surface area contributed by atoms with Gasteiger partial charge in [0.25, 0.3) is 0 Å². The molecule has 2 N–H and O–H groups in total. The van der Waals surface area contributed by atoms with Gasteiger partial charge in [-0.3, -0.25) is 0 Å². The highest BCUT2D eigenvalue weighted by Gasteiger charge is 2.36. The van der Waals surface area contributed by atoms with E-state index in [1.54, 1.807) is 0 Å². The number of hydrogen-bond donors (Lipinski definition) is 2. The van der Waals surface area contributed by atoms with E-state index >= 15 is 0 Å². The first-order valence-electron chi connectivity index (χ1n) is 10.3. The second-order valence-electron chi connectivity index (χ2n) is 8.75. The summed E-state index contributed by atoms with van der Waals surface area (Å²) in [6.45, 7) is 16.0. The van der Waals surface area contributed by atoms with E-state index < -0.39 is 0 Å². The number of hydrogen-bond acceptors (Lipinski definition) is 3. The van der Waals surface area contributed by atoms with Crippen LogP contribution in [0, 0.1) is 28.6 Å². The minimum atomic E-state index is 0. The van der Waals surface area contributed by atoms with Gasteiger partial charge >= 0.3 is 0 Å². The lowest BCUT2D eigenvalue weighted by atomic mass is 9.70. The molecule has 2 fully saturated rings. The van der Waals surface area contributed by atoms with Crippen molar-refractivity contribution in [3.05, 3.63) is 0 Å². The Bertz CT molecular complexity index is 442. The van der Waals surface area contributed by atoms with E-state index in [4.69, 9.17) is 0 Å². The van der Waals surface area contributed by atoms with Crippen LogP contribution in [0.4, 0.5) is 0 Å². The van der Waals surface area contributed by atoms with Crippen molar-refractivity contribution in [3.8, 4) is 11.8 Å². The molecule has 3 heteroatoms. The molecule has 148 valence electrons. The SMILES string of the molecule is CC#CCC1CCNCC1(C)CC.CCC1(C)CNCCC1N(C)C.[HH]. The van der Waals surface area contributed by atoms with Crippen LogP contribution in [-0.4, -0.2) is 51.2 Å². The molecule has 0 aromatic heterocycles. The molecule has 2 heterocycles. The summed E-state index contributed by atoms with van der Waals surface area (Å²) in [4.78, 5) is 2.38. The van der Waals surface area contributed by atoms with Crippen molar-refractivity contribution in [2.24, 2.45) is 16.7 Å². The highest BCUT2D eigenvalue weighted by Crippen LogP contribution is 2.37. The maximum absolute atomic E-state index is 3.48. The molecule has 0 spiro atoms. The van der Waals surface area contributed by atoms with Gasteiger partial charge in [-0.2, -0.15) is 0 Å². The normalized spacial score (nSPS) is 35.4. The topological polar surface area (TPSA) is 27.3 Å². The molecule has 3 nitrogen and oxygen atoms in total. The third kappa shape index (κ3) is 6.27.